The lowest BCUT2D eigenvalue weighted by Gasteiger charge is -2.16. The summed E-state index contributed by atoms with van der Waals surface area (Å²) in [5, 5.41) is 20.3. The van der Waals surface area contributed by atoms with E-state index >= 15 is 0 Å². The van der Waals surface area contributed by atoms with E-state index in [1.165, 1.54) is 34.9 Å². The van der Waals surface area contributed by atoms with Crippen LogP contribution in [0.5, 0.6) is 5.75 Å². The third-order valence-electron chi connectivity index (χ3n) is 2.92. The van der Waals surface area contributed by atoms with Crippen molar-refractivity contribution in [1.82, 2.24) is 4.90 Å². The number of phenols is 1. The Kier molecular flexibility index (Phi) is 4.82. The lowest BCUT2D eigenvalue weighted by Crippen LogP contribution is -2.31. The van der Waals surface area contributed by atoms with Crippen LogP contribution in [0.3, 0.4) is 0 Å². The first-order chi connectivity index (χ1) is 10.3. The van der Waals surface area contributed by atoms with Crippen molar-refractivity contribution in [3.63, 3.8) is 0 Å². The van der Waals surface area contributed by atoms with Crippen LogP contribution in [0, 0.1) is 16.0 Å². The lowest BCUT2D eigenvalue weighted by molar-refractivity contribution is -0.385. The van der Waals surface area contributed by atoms with Crippen molar-refractivity contribution in [3.05, 3.63) is 38.8 Å². The number of hydrogen-bond donors (Lipinski definition) is 1. The zero-order chi connectivity index (χ0) is 16.4. The number of aromatic hydroxyl groups is 1. The van der Waals surface area contributed by atoms with Gasteiger partial charge in [-0.15, -0.1) is 0 Å². The summed E-state index contributed by atoms with van der Waals surface area (Å²) < 4.78 is 0.484. The smallest absolute Gasteiger partial charge is 0.311 e. The molecule has 6 nitrogen and oxygen atoms in total. The number of nitrogens with zero attached hydrogens (tertiary/aromatic N) is 2. The van der Waals surface area contributed by atoms with E-state index in [0.717, 1.165) is 0 Å². The molecule has 1 N–H and O–H groups in total. The minimum Gasteiger partial charge on any atom is -0.502 e. The van der Waals surface area contributed by atoms with E-state index in [-0.39, 0.29) is 11.8 Å². The van der Waals surface area contributed by atoms with E-state index in [1.807, 2.05) is 13.8 Å². The molecule has 2 rings (SSSR count). The van der Waals surface area contributed by atoms with E-state index in [0.29, 0.717) is 21.3 Å². The maximum Gasteiger partial charge on any atom is 0.311 e. The summed E-state index contributed by atoms with van der Waals surface area (Å²) in [5.41, 5.74) is 0.0703. The topological polar surface area (TPSA) is 83.7 Å². The van der Waals surface area contributed by atoms with Crippen molar-refractivity contribution >= 4 is 46.0 Å². The van der Waals surface area contributed by atoms with E-state index in [1.54, 1.807) is 6.08 Å². The molecule has 1 fully saturated rings. The lowest BCUT2D eigenvalue weighted by atomic mass is 10.1. The number of thiocarbonyl (C=S) groups is 1. The quantitative estimate of drug-likeness (QED) is 0.393. The molecule has 0 aromatic heterocycles. The molecule has 0 aliphatic carbocycles. The highest BCUT2D eigenvalue weighted by Crippen LogP contribution is 2.34. The number of amides is 1. The minimum atomic E-state index is -0.670. The summed E-state index contributed by atoms with van der Waals surface area (Å²) in [5.74, 6) is -0.314. The van der Waals surface area contributed by atoms with Crippen LogP contribution in [0.25, 0.3) is 6.08 Å². The van der Waals surface area contributed by atoms with Crippen molar-refractivity contribution < 1.29 is 14.8 Å². The van der Waals surface area contributed by atoms with Crippen molar-refractivity contribution in [2.24, 2.45) is 5.92 Å². The Labute approximate surface area is 137 Å². The van der Waals surface area contributed by atoms with E-state index in [9.17, 15) is 20.0 Å². The Morgan fingerprint density at radius 3 is 2.77 bits per heavy atom. The number of rotatable bonds is 4. The Balaban J connectivity index is 2.31. The van der Waals surface area contributed by atoms with Gasteiger partial charge in [-0.25, -0.2) is 0 Å². The van der Waals surface area contributed by atoms with Gasteiger partial charge in [0, 0.05) is 12.6 Å². The van der Waals surface area contributed by atoms with Crippen molar-refractivity contribution in [2.75, 3.05) is 6.54 Å². The molecule has 1 aromatic rings. The Morgan fingerprint density at radius 2 is 2.18 bits per heavy atom. The van der Waals surface area contributed by atoms with E-state index in [2.05, 4.69) is 0 Å². The summed E-state index contributed by atoms with van der Waals surface area (Å²) in [6.45, 7) is 4.52. The molecule has 1 amide bonds. The van der Waals surface area contributed by atoms with Gasteiger partial charge in [0.2, 0.25) is 0 Å². The average Bonchev–Trinajstić information content (AvgIpc) is 2.68. The molecule has 0 bridgehead atoms. The van der Waals surface area contributed by atoms with Gasteiger partial charge in [0.1, 0.15) is 4.32 Å². The molecule has 0 saturated carbocycles. The van der Waals surface area contributed by atoms with Gasteiger partial charge in [0.25, 0.3) is 5.91 Å². The molecular weight excluding hydrogens is 324 g/mol. The Hall–Kier alpha value is -1.93. The third-order valence-corrected chi connectivity index (χ3v) is 4.29. The molecular formula is C14H14N2O4S2. The van der Waals surface area contributed by atoms with Crippen molar-refractivity contribution in [3.8, 4) is 5.75 Å². The largest absolute Gasteiger partial charge is 0.502 e. The first-order valence-corrected chi connectivity index (χ1v) is 7.75. The number of benzene rings is 1. The number of carbonyl (C=O) groups excluding carboxylic acids is 1. The van der Waals surface area contributed by atoms with Crippen LogP contribution in [-0.4, -0.2) is 31.7 Å². The van der Waals surface area contributed by atoms with Crippen LogP contribution < -0.4 is 0 Å². The number of nitro benzene ring substituents is 1. The Morgan fingerprint density at radius 1 is 1.50 bits per heavy atom. The standard InChI is InChI=1S/C14H14N2O4S2/c1-8(2)7-15-13(18)12(22-14(15)21)6-9-3-4-11(17)10(5-9)16(19)20/h3-6,8,17H,7H2,1-2H3/b12-6+. The van der Waals surface area contributed by atoms with Crippen LogP contribution in [0.2, 0.25) is 0 Å². The highest BCUT2D eigenvalue weighted by atomic mass is 32.2. The molecule has 1 aromatic carbocycles. The molecule has 0 atom stereocenters. The maximum absolute atomic E-state index is 12.3. The molecule has 1 saturated heterocycles. The zero-order valence-corrected chi connectivity index (χ0v) is 13.6. The predicted molar refractivity (Wildman–Crippen MR) is 89.5 cm³/mol. The zero-order valence-electron chi connectivity index (χ0n) is 12.0. The summed E-state index contributed by atoms with van der Waals surface area (Å²) in [4.78, 5) is 24.4. The molecule has 8 heteroatoms. The van der Waals surface area contributed by atoms with Crippen molar-refractivity contribution in [1.29, 1.82) is 0 Å². The predicted octanol–water partition coefficient (Wildman–Crippen LogP) is 3.16. The van der Waals surface area contributed by atoms with Crippen LogP contribution >= 0.6 is 24.0 Å². The number of hydrogen-bond acceptors (Lipinski definition) is 6. The average molecular weight is 338 g/mol. The molecule has 0 radical (unpaired) electrons. The normalized spacial score (nSPS) is 16.9. The molecule has 0 unspecified atom stereocenters. The van der Waals surface area contributed by atoms with Gasteiger partial charge >= 0.3 is 5.69 Å². The number of nitro groups is 1. The van der Waals surface area contributed by atoms with E-state index < -0.39 is 16.4 Å². The summed E-state index contributed by atoms with van der Waals surface area (Å²) in [7, 11) is 0. The van der Waals surface area contributed by atoms with Crippen LogP contribution in [0.15, 0.2) is 23.1 Å². The molecule has 1 heterocycles. The SMILES string of the molecule is CC(C)CN1C(=O)/C(=C\c2ccc(O)c([N+](=O)[O-])c2)SC1=S. The van der Waals surface area contributed by atoms with E-state index in [4.69, 9.17) is 12.2 Å². The number of carbonyl (C=O) groups is 1. The van der Waals surface area contributed by atoms with Gasteiger partial charge in [-0.1, -0.05) is 43.9 Å². The molecule has 1 aliphatic rings. The highest BCUT2D eigenvalue weighted by molar-refractivity contribution is 8.26. The van der Waals surface area contributed by atoms with Gasteiger partial charge in [-0.2, -0.15) is 0 Å². The van der Waals surface area contributed by atoms with Crippen molar-refractivity contribution in [2.45, 2.75) is 13.8 Å². The highest BCUT2D eigenvalue weighted by Gasteiger charge is 2.32. The summed E-state index contributed by atoms with van der Waals surface area (Å²) >= 11 is 6.37. The van der Waals surface area contributed by atoms with Gasteiger partial charge < -0.3 is 5.11 Å². The first kappa shape index (κ1) is 16.4. The fourth-order valence-electron chi connectivity index (χ4n) is 1.95. The van der Waals surface area contributed by atoms with Gasteiger partial charge in [0.15, 0.2) is 5.75 Å². The number of phenolic OH excluding ortho intramolecular Hbond substituents is 1. The fourth-order valence-corrected chi connectivity index (χ4v) is 3.23. The molecule has 1 aliphatic heterocycles. The van der Waals surface area contributed by atoms with Crippen LogP contribution in [0.4, 0.5) is 5.69 Å². The van der Waals surface area contributed by atoms with Crippen LogP contribution in [0.1, 0.15) is 19.4 Å². The maximum atomic E-state index is 12.3. The minimum absolute atomic E-state index is 0.195. The Bertz CT molecular complexity index is 685. The summed E-state index contributed by atoms with van der Waals surface area (Å²) in [6, 6.07) is 3.97. The van der Waals surface area contributed by atoms with Gasteiger partial charge in [0.05, 0.1) is 9.83 Å². The summed E-state index contributed by atoms with van der Waals surface area (Å²) in [6.07, 6.45) is 1.55. The van der Waals surface area contributed by atoms with Gasteiger partial charge in [-0.3, -0.25) is 19.8 Å². The molecule has 0 spiro atoms. The van der Waals surface area contributed by atoms with Gasteiger partial charge in [-0.05, 0) is 23.6 Å². The second-order valence-corrected chi connectivity index (χ2v) is 6.87. The molecule has 22 heavy (non-hydrogen) atoms. The second-order valence-electron chi connectivity index (χ2n) is 5.19. The third kappa shape index (κ3) is 3.45. The first-order valence-electron chi connectivity index (χ1n) is 6.52. The fraction of sp³-hybridized carbons (Fsp3) is 0.286. The molecule has 116 valence electrons. The second kappa shape index (κ2) is 6.45. The number of thioether (sulfide) groups is 1. The van der Waals surface area contributed by atoms with Crippen LogP contribution in [-0.2, 0) is 4.79 Å². The monoisotopic (exact) mass is 338 g/mol.